The van der Waals surface area contributed by atoms with Gasteiger partial charge in [0.2, 0.25) is 5.91 Å². The largest absolute Gasteiger partial charge is 0.273 e. The third kappa shape index (κ3) is 4.64. The van der Waals surface area contributed by atoms with Gasteiger partial charge in [-0.2, -0.15) is 0 Å². The summed E-state index contributed by atoms with van der Waals surface area (Å²) < 4.78 is 1.83. The van der Waals surface area contributed by atoms with Crippen LogP contribution in [0.4, 0.5) is 0 Å². The number of carbonyl (C=O) groups is 2. The molecule has 25 heavy (non-hydrogen) atoms. The van der Waals surface area contributed by atoms with Gasteiger partial charge in [0.25, 0.3) is 5.91 Å². The number of hydrogen-bond donors (Lipinski definition) is 2. The fraction of sp³-hybridized carbons (Fsp3) is 0.167. The van der Waals surface area contributed by atoms with Crippen LogP contribution in [0.1, 0.15) is 28.2 Å². The SMILES string of the molecule is O=C(CCCc1nc2ccccc2s1)NNC(=O)c1ccccc1Br. The van der Waals surface area contributed by atoms with Gasteiger partial charge in [0.05, 0.1) is 20.8 Å². The molecule has 0 saturated carbocycles. The van der Waals surface area contributed by atoms with Crippen molar-refractivity contribution in [3.05, 3.63) is 63.6 Å². The van der Waals surface area contributed by atoms with Crippen LogP contribution < -0.4 is 10.9 Å². The minimum absolute atomic E-state index is 0.221. The highest BCUT2D eigenvalue weighted by Gasteiger charge is 2.10. The van der Waals surface area contributed by atoms with Gasteiger partial charge >= 0.3 is 0 Å². The lowest BCUT2D eigenvalue weighted by Crippen LogP contribution is -2.41. The van der Waals surface area contributed by atoms with Crippen LogP contribution in [0.5, 0.6) is 0 Å². The quantitative estimate of drug-likeness (QED) is 0.619. The molecule has 0 unspecified atom stereocenters. The molecule has 0 aliphatic heterocycles. The van der Waals surface area contributed by atoms with Crippen LogP contribution in [0, 0.1) is 0 Å². The summed E-state index contributed by atoms with van der Waals surface area (Å²) in [6.07, 6.45) is 1.74. The first-order valence-corrected chi connectivity index (χ1v) is 9.42. The minimum Gasteiger partial charge on any atom is -0.273 e. The van der Waals surface area contributed by atoms with Crippen molar-refractivity contribution in [1.29, 1.82) is 0 Å². The highest BCUT2D eigenvalue weighted by atomic mass is 79.9. The average Bonchev–Trinajstić information content (AvgIpc) is 3.03. The first kappa shape index (κ1) is 17.6. The number of amides is 2. The molecule has 1 heterocycles. The lowest BCUT2D eigenvalue weighted by molar-refractivity contribution is -0.121. The van der Waals surface area contributed by atoms with E-state index < -0.39 is 0 Å². The Morgan fingerprint density at radius 2 is 1.80 bits per heavy atom. The Morgan fingerprint density at radius 3 is 2.60 bits per heavy atom. The van der Waals surface area contributed by atoms with Crippen LogP contribution in [0.15, 0.2) is 53.0 Å². The number of halogens is 1. The molecule has 2 amide bonds. The van der Waals surface area contributed by atoms with Crippen molar-refractivity contribution in [3.63, 3.8) is 0 Å². The van der Waals surface area contributed by atoms with Crippen LogP contribution in [0.2, 0.25) is 0 Å². The summed E-state index contributed by atoms with van der Waals surface area (Å²) in [5.41, 5.74) is 6.34. The third-order valence-corrected chi connectivity index (χ3v) is 5.35. The molecule has 0 fully saturated rings. The Morgan fingerprint density at radius 1 is 1.04 bits per heavy atom. The standard InChI is InChI=1S/C18H16BrN3O2S/c19-13-7-2-1-6-12(13)18(24)22-21-16(23)10-5-11-17-20-14-8-3-4-9-15(14)25-17/h1-4,6-9H,5,10-11H2,(H,21,23)(H,22,24). The number of rotatable bonds is 5. The molecule has 5 nitrogen and oxygen atoms in total. The van der Waals surface area contributed by atoms with Gasteiger partial charge in [0.15, 0.2) is 0 Å². The van der Waals surface area contributed by atoms with Gasteiger partial charge in [0.1, 0.15) is 0 Å². The zero-order valence-electron chi connectivity index (χ0n) is 13.3. The normalized spacial score (nSPS) is 10.6. The van der Waals surface area contributed by atoms with Crippen molar-refractivity contribution in [2.75, 3.05) is 0 Å². The van der Waals surface area contributed by atoms with E-state index in [2.05, 4.69) is 31.8 Å². The molecule has 0 radical (unpaired) electrons. The predicted molar refractivity (Wildman–Crippen MR) is 102 cm³/mol. The molecule has 2 aromatic carbocycles. The van der Waals surface area contributed by atoms with Crippen LogP contribution in [-0.2, 0) is 11.2 Å². The second-order valence-corrected chi connectivity index (χ2v) is 7.38. The van der Waals surface area contributed by atoms with Gasteiger partial charge in [-0.3, -0.25) is 20.4 Å². The Bertz CT molecular complexity index is 877. The second-order valence-electron chi connectivity index (χ2n) is 5.41. The van der Waals surface area contributed by atoms with Crippen molar-refractivity contribution >= 4 is 49.3 Å². The number of carbonyl (C=O) groups excluding carboxylic acids is 2. The number of para-hydroxylation sites is 1. The van der Waals surface area contributed by atoms with Gasteiger partial charge in [-0.1, -0.05) is 24.3 Å². The smallest absolute Gasteiger partial charge is 0.270 e. The van der Waals surface area contributed by atoms with Crippen LogP contribution in [-0.4, -0.2) is 16.8 Å². The van der Waals surface area contributed by atoms with Crippen molar-refractivity contribution in [3.8, 4) is 0 Å². The number of nitrogens with zero attached hydrogens (tertiary/aromatic N) is 1. The van der Waals surface area contributed by atoms with Gasteiger partial charge in [-0.15, -0.1) is 11.3 Å². The second kappa shape index (κ2) is 8.22. The summed E-state index contributed by atoms with van der Waals surface area (Å²) in [7, 11) is 0. The molecule has 128 valence electrons. The highest BCUT2D eigenvalue weighted by Crippen LogP contribution is 2.22. The Kier molecular flexibility index (Phi) is 5.78. The Balaban J connectivity index is 1.43. The van der Waals surface area contributed by atoms with Crippen molar-refractivity contribution in [2.45, 2.75) is 19.3 Å². The summed E-state index contributed by atoms with van der Waals surface area (Å²) in [5.74, 6) is -0.575. The Labute approximate surface area is 157 Å². The molecule has 1 aromatic heterocycles. The van der Waals surface area contributed by atoms with Crippen molar-refractivity contribution in [2.24, 2.45) is 0 Å². The molecular weight excluding hydrogens is 402 g/mol. The first-order valence-electron chi connectivity index (χ1n) is 7.81. The van der Waals surface area contributed by atoms with Crippen molar-refractivity contribution < 1.29 is 9.59 Å². The third-order valence-electron chi connectivity index (χ3n) is 3.57. The molecule has 0 atom stereocenters. The lowest BCUT2D eigenvalue weighted by Gasteiger charge is -2.08. The molecule has 0 saturated heterocycles. The van der Waals surface area contributed by atoms with E-state index in [1.54, 1.807) is 29.5 Å². The number of aryl methyl sites for hydroxylation is 1. The van der Waals surface area contributed by atoms with Crippen molar-refractivity contribution in [1.82, 2.24) is 15.8 Å². The van der Waals surface area contributed by atoms with Crippen LogP contribution in [0.25, 0.3) is 10.2 Å². The first-order chi connectivity index (χ1) is 12.1. The maximum Gasteiger partial charge on any atom is 0.270 e. The van der Waals surface area contributed by atoms with Crippen LogP contribution in [0.3, 0.4) is 0 Å². The molecule has 2 N–H and O–H groups in total. The maximum atomic E-state index is 12.0. The fourth-order valence-electron chi connectivity index (χ4n) is 2.33. The number of benzene rings is 2. The maximum absolute atomic E-state index is 12.0. The van der Waals surface area contributed by atoms with E-state index in [0.717, 1.165) is 21.6 Å². The molecule has 3 aromatic rings. The topological polar surface area (TPSA) is 71.1 Å². The number of hydrazine groups is 1. The van der Waals surface area contributed by atoms with E-state index in [1.807, 2.05) is 30.3 Å². The summed E-state index contributed by atoms with van der Waals surface area (Å²) in [6, 6.07) is 15.0. The van der Waals surface area contributed by atoms with Crippen LogP contribution >= 0.6 is 27.3 Å². The highest BCUT2D eigenvalue weighted by molar-refractivity contribution is 9.10. The summed E-state index contributed by atoms with van der Waals surface area (Å²) in [6.45, 7) is 0. The Hall–Kier alpha value is -2.25. The van der Waals surface area contributed by atoms with E-state index in [1.165, 1.54) is 0 Å². The van der Waals surface area contributed by atoms with Gasteiger partial charge < -0.3 is 0 Å². The molecule has 0 aliphatic carbocycles. The molecule has 3 rings (SSSR count). The molecule has 0 aliphatic rings. The van der Waals surface area contributed by atoms with E-state index >= 15 is 0 Å². The zero-order chi connectivity index (χ0) is 17.6. The molecule has 0 spiro atoms. The summed E-state index contributed by atoms with van der Waals surface area (Å²) >= 11 is 4.96. The lowest BCUT2D eigenvalue weighted by atomic mass is 10.2. The monoisotopic (exact) mass is 417 g/mol. The van der Waals surface area contributed by atoms with E-state index in [0.29, 0.717) is 22.9 Å². The average molecular weight is 418 g/mol. The van der Waals surface area contributed by atoms with E-state index in [9.17, 15) is 9.59 Å². The van der Waals surface area contributed by atoms with Gasteiger partial charge in [-0.05, 0) is 53.0 Å². The van der Waals surface area contributed by atoms with Gasteiger partial charge in [-0.25, -0.2) is 4.98 Å². The number of thiazole rings is 1. The molecular formula is C18H16BrN3O2S. The summed E-state index contributed by atoms with van der Waals surface area (Å²) in [5, 5.41) is 1.02. The minimum atomic E-state index is -0.355. The van der Waals surface area contributed by atoms with E-state index in [4.69, 9.17) is 0 Å². The van der Waals surface area contributed by atoms with Gasteiger partial charge in [0, 0.05) is 10.9 Å². The fourth-order valence-corrected chi connectivity index (χ4v) is 3.80. The number of aromatic nitrogens is 1. The van der Waals surface area contributed by atoms with E-state index in [-0.39, 0.29) is 11.8 Å². The number of hydrogen-bond acceptors (Lipinski definition) is 4. The number of fused-ring (bicyclic) bond motifs is 1. The molecule has 0 bridgehead atoms. The predicted octanol–water partition coefficient (Wildman–Crippen LogP) is 3.84. The summed E-state index contributed by atoms with van der Waals surface area (Å²) in [4.78, 5) is 28.4. The number of nitrogens with one attached hydrogen (secondary N) is 2. The zero-order valence-corrected chi connectivity index (χ0v) is 15.7. The molecule has 7 heteroatoms.